The molecule has 0 aliphatic heterocycles. The number of hydrogen-bond donors (Lipinski definition) is 1. The molecule has 0 saturated heterocycles. The van der Waals surface area contributed by atoms with Gasteiger partial charge in [0, 0.05) is 33.0 Å². The van der Waals surface area contributed by atoms with Gasteiger partial charge in [0.15, 0.2) is 0 Å². The normalized spacial score (nSPS) is 10.7. The molecule has 7 heteroatoms. The van der Waals surface area contributed by atoms with Crippen molar-refractivity contribution in [2.75, 3.05) is 5.32 Å². The Labute approximate surface area is 151 Å². The van der Waals surface area contributed by atoms with Gasteiger partial charge in [0.25, 0.3) is 0 Å². The van der Waals surface area contributed by atoms with Crippen molar-refractivity contribution in [2.24, 2.45) is 0 Å². The summed E-state index contributed by atoms with van der Waals surface area (Å²) in [7, 11) is 0. The Morgan fingerprint density at radius 2 is 2.26 bits per heavy atom. The maximum absolute atomic E-state index is 12.1. The highest BCUT2D eigenvalue weighted by atomic mass is 127. The van der Waals surface area contributed by atoms with Crippen LogP contribution in [0.4, 0.5) is 5.69 Å². The van der Waals surface area contributed by atoms with Crippen molar-refractivity contribution in [3.05, 3.63) is 50.0 Å². The van der Waals surface area contributed by atoms with Crippen LogP contribution in [0.1, 0.15) is 17.9 Å². The summed E-state index contributed by atoms with van der Waals surface area (Å²) in [5, 5.41) is 10.8. The van der Waals surface area contributed by atoms with Gasteiger partial charge in [0.1, 0.15) is 0 Å². The standard InChI is InChI=1S/C16H14IN3O2S/c1-10-8-12(17)2-3-13(10)18-14(21)4-5-15-19-16(20-22-15)11-6-7-23-9-11/h2-3,6-9H,4-5H2,1H3,(H,18,21). The van der Waals surface area contributed by atoms with Crippen molar-refractivity contribution >= 4 is 45.5 Å². The van der Waals surface area contributed by atoms with E-state index in [4.69, 9.17) is 4.52 Å². The summed E-state index contributed by atoms with van der Waals surface area (Å²) >= 11 is 3.83. The molecule has 3 aromatic rings. The second-order valence-electron chi connectivity index (χ2n) is 5.03. The predicted molar refractivity (Wildman–Crippen MR) is 98.5 cm³/mol. The molecule has 118 valence electrons. The van der Waals surface area contributed by atoms with Gasteiger partial charge in [-0.3, -0.25) is 4.79 Å². The molecule has 0 fully saturated rings. The molecular formula is C16H14IN3O2S. The number of carbonyl (C=O) groups excluding carboxylic acids is 1. The minimum atomic E-state index is -0.0652. The van der Waals surface area contributed by atoms with E-state index in [1.54, 1.807) is 11.3 Å². The number of hydrogen-bond acceptors (Lipinski definition) is 5. The molecule has 2 heterocycles. The number of nitrogens with one attached hydrogen (secondary N) is 1. The average molecular weight is 439 g/mol. The highest BCUT2D eigenvalue weighted by molar-refractivity contribution is 14.1. The first-order chi connectivity index (χ1) is 11.1. The van der Waals surface area contributed by atoms with E-state index in [0.717, 1.165) is 20.4 Å². The van der Waals surface area contributed by atoms with E-state index >= 15 is 0 Å². The monoisotopic (exact) mass is 439 g/mol. The number of thiophene rings is 1. The van der Waals surface area contributed by atoms with Gasteiger partial charge in [-0.05, 0) is 64.7 Å². The van der Waals surface area contributed by atoms with Gasteiger partial charge >= 0.3 is 0 Å². The number of halogens is 1. The molecule has 23 heavy (non-hydrogen) atoms. The lowest BCUT2D eigenvalue weighted by Crippen LogP contribution is -2.13. The first kappa shape index (κ1) is 16.1. The van der Waals surface area contributed by atoms with Gasteiger partial charge in [-0.2, -0.15) is 16.3 Å². The Morgan fingerprint density at radius 1 is 1.39 bits per heavy atom. The number of carbonyl (C=O) groups is 1. The summed E-state index contributed by atoms with van der Waals surface area (Å²) in [6.45, 7) is 1.98. The first-order valence-corrected chi connectivity index (χ1v) is 9.05. The largest absolute Gasteiger partial charge is 0.339 e. The minimum absolute atomic E-state index is 0.0652. The fourth-order valence-corrected chi connectivity index (χ4v) is 3.35. The molecule has 0 aliphatic carbocycles. The number of benzene rings is 1. The number of aryl methyl sites for hydroxylation is 2. The van der Waals surface area contributed by atoms with Crippen LogP contribution in [-0.2, 0) is 11.2 Å². The summed E-state index contributed by atoms with van der Waals surface area (Å²) in [4.78, 5) is 16.4. The number of aromatic nitrogens is 2. The van der Waals surface area contributed by atoms with Crippen molar-refractivity contribution in [3.63, 3.8) is 0 Å². The molecule has 0 aliphatic rings. The average Bonchev–Trinajstić information content (AvgIpc) is 3.18. The Balaban J connectivity index is 1.57. The van der Waals surface area contributed by atoms with Crippen LogP contribution < -0.4 is 5.32 Å². The number of anilines is 1. The molecule has 0 atom stereocenters. The number of rotatable bonds is 5. The third-order valence-corrected chi connectivity index (χ3v) is 4.63. The molecule has 1 N–H and O–H groups in total. The molecule has 0 radical (unpaired) electrons. The molecule has 0 saturated carbocycles. The fourth-order valence-electron chi connectivity index (χ4n) is 2.07. The SMILES string of the molecule is Cc1cc(I)ccc1NC(=O)CCc1nc(-c2ccsc2)no1. The predicted octanol–water partition coefficient (Wildman–Crippen LogP) is 4.28. The molecule has 3 rings (SSSR count). The summed E-state index contributed by atoms with van der Waals surface area (Å²) < 4.78 is 6.33. The first-order valence-electron chi connectivity index (χ1n) is 7.03. The summed E-state index contributed by atoms with van der Waals surface area (Å²) in [5.74, 6) is 0.973. The van der Waals surface area contributed by atoms with E-state index in [0.29, 0.717) is 24.6 Å². The Kier molecular flexibility index (Phi) is 5.06. The highest BCUT2D eigenvalue weighted by Gasteiger charge is 2.11. The van der Waals surface area contributed by atoms with Crippen LogP contribution in [0.2, 0.25) is 0 Å². The zero-order valence-electron chi connectivity index (χ0n) is 12.4. The number of amides is 1. The quantitative estimate of drug-likeness (QED) is 0.603. The zero-order chi connectivity index (χ0) is 16.2. The van der Waals surface area contributed by atoms with Crippen molar-refractivity contribution in [1.29, 1.82) is 0 Å². The van der Waals surface area contributed by atoms with Crippen LogP contribution >= 0.6 is 33.9 Å². The van der Waals surface area contributed by atoms with E-state index in [2.05, 4.69) is 38.0 Å². The second kappa shape index (κ2) is 7.22. The summed E-state index contributed by atoms with van der Waals surface area (Å²) in [6.07, 6.45) is 0.725. The second-order valence-corrected chi connectivity index (χ2v) is 7.06. The van der Waals surface area contributed by atoms with Gasteiger partial charge in [0.2, 0.25) is 17.6 Å². The van der Waals surface area contributed by atoms with Crippen LogP contribution in [-0.4, -0.2) is 16.0 Å². The third kappa shape index (κ3) is 4.17. The Morgan fingerprint density at radius 3 is 3.00 bits per heavy atom. The van der Waals surface area contributed by atoms with Crippen molar-refractivity contribution < 1.29 is 9.32 Å². The lowest BCUT2D eigenvalue weighted by molar-refractivity contribution is -0.116. The molecule has 5 nitrogen and oxygen atoms in total. The summed E-state index contributed by atoms with van der Waals surface area (Å²) in [6, 6.07) is 7.84. The number of nitrogens with zero attached hydrogens (tertiary/aromatic N) is 2. The maximum Gasteiger partial charge on any atom is 0.227 e. The van der Waals surface area contributed by atoms with E-state index in [1.807, 2.05) is 41.9 Å². The van der Waals surface area contributed by atoms with Gasteiger partial charge < -0.3 is 9.84 Å². The fraction of sp³-hybridized carbons (Fsp3) is 0.188. The van der Waals surface area contributed by atoms with E-state index in [1.165, 1.54) is 0 Å². The highest BCUT2D eigenvalue weighted by Crippen LogP contribution is 2.20. The van der Waals surface area contributed by atoms with Crippen molar-refractivity contribution in [2.45, 2.75) is 19.8 Å². The van der Waals surface area contributed by atoms with Crippen LogP contribution in [0.25, 0.3) is 11.4 Å². The molecule has 1 aromatic carbocycles. The van der Waals surface area contributed by atoms with Gasteiger partial charge in [0.05, 0.1) is 0 Å². The maximum atomic E-state index is 12.1. The lowest BCUT2D eigenvalue weighted by Gasteiger charge is -2.08. The Hall–Kier alpha value is -1.74. The zero-order valence-corrected chi connectivity index (χ0v) is 15.3. The van der Waals surface area contributed by atoms with E-state index < -0.39 is 0 Å². The molecule has 2 aromatic heterocycles. The lowest BCUT2D eigenvalue weighted by atomic mass is 10.2. The van der Waals surface area contributed by atoms with Crippen LogP contribution in [0.3, 0.4) is 0 Å². The smallest absolute Gasteiger partial charge is 0.227 e. The van der Waals surface area contributed by atoms with Gasteiger partial charge in [-0.1, -0.05) is 5.16 Å². The van der Waals surface area contributed by atoms with Gasteiger partial charge in [-0.25, -0.2) is 0 Å². The third-order valence-electron chi connectivity index (χ3n) is 3.28. The van der Waals surface area contributed by atoms with Crippen molar-refractivity contribution in [1.82, 2.24) is 10.1 Å². The van der Waals surface area contributed by atoms with Gasteiger partial charge in [-0.15, -0.1) is 0 Å². The van der Waals surface area contributed by atoms with Crippen LogP contribution in [0.5, 0.6) is 0 Å². The molecule has 0 spiro atoms. The molecular weight excluding hydrogens is 425 g/mol. The van der Waals surface area contributed by atoms with E-state index in [-0.39, 0.29) is 5.91 Å². The topological polar surface area (TPSA) is 68.0 Å². The van der Waals surface area contributed by atoms with Crippen LogP contribution in [0, 0.1) is 10.5 Å². The molecule has 0 bridgehead atoms. The van der Waals surface area contributed by atoms with E-state index in [9.17, 15) is 4.79 Å². The van der Waals surface area contributed by atoms with Crippen LogP contribution in [0.15, 0.2) is 39.5 Å². The summed E-state index contributed by atoms with van der Waals surface area (Å²) in [5.41, 5.74) is 2.81. The molecule has 0 unspecified atom stereocenters. The molecule has 1 amide bonds. The van der Waals surface area contributed by atoms with Crippen molar-refractivity contribution in [3.8, 4) is 11.4 Å². The Bertz CT molecular complexity index is 815. The minimum Gasteiger partial charge on any atom is -0.339 e.